The van der Waals surface area contributed by atoms with Crippen molar-refractivity contribution in [2.75, 3.05) is 13.1 Å². The van der Waals surface area contributed by atoms with Gasteiger partial charge >= 0.3 is 6.09 Å². The summed E-state index contributed by atoms with van der Waals surface area (Å²) in [7, 11) is 0. The highest BCUT2D eigenvalue weighted by atomic mass is 16.4. The van der Waals surface area contributed by atoms with Gasteiger partial charge < -0.3 is 10.0 Å². The quantitative estimate of drug-likeness (QED) is 0.619. The summed E-state index contributed by atoms with van der Waals surface area (Å²) in [5.41, 5.74) is 0. The van der Waals surface area contributed by atoms with E-state index in [1.165, 1.54) is 4.90 Å². The first-order valence-electron chi connectivity index (χ1n) is 4.09. The van der Waals surface area contributed by atoms with Crippen LogP contribution in [-0.2, 0) is 4.79 Å². The van der Waals surface area contributed by atoms with Crippen LogP contribution in [0.5, 0.6) is 0 Å². The lowest BCUT2D eigenvalue weighted by molar-refractivity contribution is -0.119. The number of piperidine rings is 1. The maximum atomic E-state index is 10.9. The van der Waals surface area contributed by atoms with Crippen molar-refractivity contribution < 1.29 is 14.7 Å². The van der Waals surface area contributed by atoms with Crippen LogP contribution in [0.15, 0.2) is 0 Å². The van der Waals surface area contributed by atoms with Gasteiger partial charge in [0, 0.05) is 19.0 Å². The van der Waals surface area contributed by atoms with Gasteiger partial charge in [-0.05, 0) is 18.8 Å². The first-order valence-corrected chi connectivity index (χ1v) is 4.09. The lowest BCUT2D eigenvalue weighted by Crippen LogP contribution is -2.30. The molecule has 3 atom stereocenters. The third-order valence-electron chi connectivity index (χ3n) is 2.93. The number of rotatable bonds is 1. The normalized spacial score (nSPS) is 37.8. The van der Waals surface area contributed by atoms with Crippen LogP contribution in [0, 0.1) is 17.8 Å². The topological polar surface area (TPSA) is 57.6 Å². The number of fused-ring (bicyclic) bond motifs is 1. The maximum absolute atomic E-state index is 10.9. The zero-order valence-electron chi connectivity index (χ0n) is 6.86. The van der Waals surface area contributed by atoms with Gasteiger partial charge in [-0.15, -0.1) is 0 Å². The first-order chi connectivity index (χ1) is 5.61. The van der Waals surface area contributed by atoms with Crippen LogP contribution in [0.25, 0.3) is 0 Å². The van der Waals surface area contributed by atoms with E-state index in [0.717, 1.165) is 0 Å². The number of Topliss-reactive ketones (excluding diaryl/α,β-unsaturated/α-hetero) is 1. The van der Waals surface area contributed by atoms with E-state index in [1.54, 1.807) is 6.92 Å². The fraction of sp³-hybridized carbons (Fsp3) is 0.750. The Morgan fingerprint density at radius 2 is 1.83 bits per heavy atom. The van der Waals surface area contributed by atoms with Crippen LogP contribution < -0.4 is 0 Å². The maximum Gasteiger partial charge on any atom is 0.407 e. The van der Waals surface area contributed by atoms with Gasteiger partial charge in [-0.2, -0.15) is 0 Å². The van der Waals surface area contributed by atoms with Crippen molar-refractivity contribution in [1.29, 1.82) is 0 Å². The minimum atomic E-state index is -0.857. The van der Waals surface area contributed by atoms with Gasteiger partial charge in [0.1, 0.15) is 5.78 Å². The Kier molecular flexibility index (Phi) is 1.40. The second kappa shape index (κ2) is 2.21. The van der Waals surface area contributed by atoms with E-state index in [1.807, 2.05) is 0 Å². The molecule has 12 heavy (non-hydrogen) atoms. The molecule has 1 saturated carbocycles. The fourth-order valence-corrected chi connectivity index (χ4v) is 2.29. The third-order valence-corrected chi connectivity index (χ3v) is 2.93. The summed E-state index contributed by atoms with van der Waals surface area (Å²) in [6.45, 7) is 2.71. The first kappa shape index (κ1) is 7.58. The van der Waals surface area contributed by atoms with E-state index in [9.17, 15) is 9.59 Å². The van der Waals surface area contributed by atoms with Crippen molar-refractivity contribution in [2.45, 2.75) is 6.92 Å². The molecule has 1 unspecified atom stereocenters. The number of carbonyl (C=O) groups excluding carboxylic acids is 1. The average molecular weight is 169 g/mol. The van der Waals surface area contributed by atoms with Crippen LogP contribution in [0.2, 0.25) is 0 Å². The molecular formula is C8H11NO3. The number of likely N-dealkylation sites (tertiary alicyclic amines) is 1. The smallest absolute Gasteiger partial charge is 0.407 e. The van der Waals surface area contributed by atoms with E-state index >= 15 is 0 Å². The monoisotopic (exact) mass is 169 g/mol. The summed E-state index contributed by atoms with van der Waals surface area (Å²) in [4.78, 5) is 22.8. The van der Waals surface area contributed by atoms with Crippen molar-refractivity contribution in [3.8, 4) is 0 Å². The van der Waals surface area contributed by atoms with Crippen molar-refractivity contribution in [2.24, 2.45) is 17.8 Å². The van der Waals surface area contributed by atoms with Crippen molar-refractivity contribution in [3.63, 3.8) is 0 Å². The van der Waals surface area contributed by atoms with E-state index in [4.69, 9.17) is 5.11 Å². The molecular weight excluding hydrogens is 158 g/mol. The molecule has 0 aromatic carbocycles. The third kappa shape index (κ3) is 0.906. The molecule has 1 saturated heterocycles. The molecule has 66 valence electrons. The van der Waals surface area contributed by atoms with Crippen LogP contribution in [0.1, 0.15) is 6.92 Å². The molecule has 0 bridgehead atoms. The lowest BCUT2D eigenvalue weighted by atomic mass is 10.2. The summed E-state index contributed by atoms with van der Waals surface area (Å²) in [6.07, 6.45) is -0.857. The van der Waals surface area contributed by atoms with E-state index < -0.39 is 6.09 Å². The second-order valence-corrected chi connectivity index (χ2v) is 3.65. The average Bonchev–Trinajstić information content (AvgIpc) is 2.48. The van der Waals surface area contributed by atoms with Crippen LogP contribution in [-0.4, -0.2) is 35.0 Å². The Morgan fingerprint density at radius 1 is 1.33 bits per heavy atom. The molecule has 0 radical (unpaired) electrons. The standard InChI is InChI=1S/C8H11NO3/c1-4(10)7-5-2-9(8(11)12)3-6(5)7/h5-7H,2-3H2,1H3,(H,11,12)/t5-,6+,7?. The summed E-state index contributed by atoms with van der Waals surface area (Å²) >= 11 is 0. The highest BCUT2D eigenvalue weighted by Gasteiger charge is 2.58. The fourth-order valence-electron chi connectivity index (χ4n) is 2.29. The molecule has 1 heterocycles. The minimum Gasteiger partial charge on any atom is -0.465 e. The predicted molar refractivity (Wildman–Crippen MR) is 40.7 cm³/mol. The molecule has 0 aromatic rings. The molecule has 2 fully saturated rings. The number of nitrogens with zero attached hydrogens (tertiary/aromatic N) is 1. The molecule has 1 aliphatic heterocycles. The van der Waals surface area contributed by atoms with Crippen molar-refractivity contribution >= 4 is 11.9 Å². The van der Waals surface area contributed by atoms with Gasteiger partial charge in [0.15, 0.2) is 0 Å². The van der Waals surface area contributed by atoms with Gasteiger partial charge in [0.2, 0.25) is 0 Å². The molecule has 1 amide bonds. The molecule has 1 N–H and O–H groups in total. The predicted octanol–water partition coefficient (Wildman–Crippen LogP) is 0.431. The number of hydrogen-bond acceptors (Lipinski definition) is 2. The zero-order chi connectivity index (χ0) is 8.88. The largest absolute Gasteiger partial charge is 0.465 e. The van der Waals surface area contributed by atoms with E-state index in [0.29, 0.717) is 24.9 Å². The van der Waals surface area contributed by atoms with E-state index in [-0.39, 0.29) is 11.7 Å². The molecule has 0 spiro atoms. The lowest BCUT2D eigenvalue weighted by Gasteiger charge is -2.14. The van der Waals surface area contributed by atoms with Crippen molar-refractivity contribution in [3.05, 3.63) is 0 Å². The Labute approximate surface area is 70.2 Å². The molecule has 0 aromatic heterocycles. The number of carboxylic acid groups (broad SMARTS) is 1. The Balaban J connectivity index is 1.94. The summed E-state index contributed by atoms with van der Waals surface area (Å²) in [5, 5.41) is 8.62. The second-order valence-electron chi connectivity index (χ2n) is 3.65. The molecule has 1 aliphatic carbocycles. The summed E-state index contributed by atoms with van der Waals surface area (Å²) in [5.74, 6) is 1.05. The van der Waals surface area contributed by atoms with Gasteiger partial charge in [0.25, 0.3) is 0 Å². The van der Waals surface area contributed by atoms with E-state index in [2.05, 4.69) is 0 Å². The van der Waals surface area contributed by atoms with Gasteiger partial charge in [-0.25, -0.2) is 4.79 Å². The highest BCUT2D eigenvalue weighted by Crippen LogP contribution is 2.51. The zero-order valence-corrected chi connectivity index (χ0v) is 6.86. The van der Waals surface area contributed by atoms with Crippen molar-refractivity contribution in [1.82, 2.24) is 4.90 Å². The Morgan fingerprint density at radius 3 is 2.17 bits per heavy atom. The molecule has 4 heteroatoms. The number of carbonyl (C=O) groups is 2. The van der Waals surface area contributed by atoms with Crippen LogP contribution in [0.4, 0.5) is 4.79 Å². The molecule has 2 aliphatic rings. The Bertz CT molecular complexity index is 227. The van der Waals surface area contributed by atoms with Gasteiger partial charge in [0.05, 0.1) is 0 Å². The number of amides is 1. The number of ketones is 1. The Hall–Kier alpha value is -1.06. The number of hydrogen-bond donors (Lipinski definition) is 1. The molecule has 2 rings (SSSR count). The van der Waals surface area contributed by atoms with Crippen LogP contribution in [0.3, 0.4) is 0 Å². The highest BCUT2D eigenvalue weighted by molar-refractivity contribution is 5.82. The van der Waals surface area contributed by atoms with Crippen LogP contribution >= 0.6 is 0 Å². The summed E-state index contributed by atoms with van der Waals surface area (Å²) in [6, 6.07) is 0. The SMILES string of the molecule is CC(=O)C1[C@H]2CN(C(=O)O)C[C@@H]12. The minimum absolute atomic E-state index is 0.167. The molecule has 4 nitrogen and oxygen atoms in total. The van der Waals surface area contributed by atoms with Gasteiger partial charge in [-0.3, -0.25) is 4.79 Å². The summed E-state index contributed by atoms with van der Waals surface area (Å²) < 4.78 is 0. The van der Waals surface area contributed by atoms with Gasteiger partial charge in [-0.1, -0.05) is 0 Å².